The van der Waals surface area contributed by atoms with Gasteiger partial charge in [0.05, 0.1) is 0 Å². The first kappa shape index (κ1) is 11.4. The Bertz CT molecular complexity index is 177. The van der Waals surface area contributed by atoms with Crippen molar-refractivity contribution < 1.29 is 0 Å². The van der Waals surface area contributed by atoms with Crippen LogP contribution >= 0.6 is 0 Å². The van der Waals surface area contributed by atoms with Crippen LogP contribution in [-0.4, -0.2) is 19.6 Å². The van der Waals surface area contributed by atoms with E-state index in [4.69, 9.17) is 5.73 Å². The van der Waals surface area contributed by atoms with Gasteiger partial charge in [-0.15, -0.1) is 0 Å². The van der Waals surface area contributed by atoms with Crippen molar-refractivity contribution in [3.8, 4) is 0 Å². The first-order valence-corrected chi connectivity index (χ1v) is 6.81. The summed E-state index contributed by atoms with van der Waals surface area (Å²) in [5.74, 6) is 2.73. The molecule has 0 heterocycles. The van der Waals surface area contributed by atoms with Crippen LogP contribution in [0.4, 0.5) is 0 Å². The van der Waals surface area contributed by atoms with Crippen LogP contribution in [0.5, 0.6) is 0 Å². The van der Waals surface area contributed by atoms with E-state index in [-0.39, 0.29) is 0 Å². The summed E-state index contributed by atoms with van der Waals surface area (Å²) in [6.07, 6.45) is 10.0. The molecule has 3 N–H and O–H groups in total. The quantitative estimate of drug-likeness (QED) is 0.659. The Kier molecular flexibility index (Phi) is 4.45. The lowest BCUT2D eigenvalue weighted by Gasteiger charge is -2.26. The van der Waals surface area contributed by atoms with Crippen LogP contribution < -0.4 is 11.1 Å². The lowest BCUT2D eigenvalue weighted by Crippen LogP contribution is -2.30. The van der Waals surface area contributed by atoms with Crippen molar-refractivity contribution in [2.75, 3.05) is 19.6 Å². The average molecular weight is 210 g/mol. The van der Waals surface area contributed by atoms with Crippen LogP contribution in [0, 0.1) is 17.8 Å². The number of nitrogens with two attached hydrogens (primary N) is 1. The molecule has 2 heteroatoms. The fourth-order valence-corrected chi connectivity index (χ4v) is 3.07. The van der Waals surface area contributed by atoms with E-state index >= 15 is 0 Å². The lowest BCUT2D eigenvalue weighted by atomic mass is 9.83. The van der Waals surface area contributed by atoms with E-state index < -0.39 is 0 Å². The van der Waals surface area contributed by atoms with Crippen molar-refractivity contribution in [1.82, 2.24) is 5.32 Å². The molecule has 0 saturated heterocycles. The summed E-state index contributed by atoms with van der Waals surface area (Å²) < 4.78 is 0. The Hall–Kier alpha value is -0.0800. The third-order valence-corrected chi connectivity index (χ3v) is 4.48. The summed E-state index contributed by atoms with van der Waals surface area (Å²) in [5, 5.41) is 3.64. The van der Waals surface area contributed by atoms with E-state index in [0.29, 0.717) is 0 Å². The van der Waals surface area contributed by atoms with Gasteiger partial charge in [-0.25, -0.2) is 0 Å². The lowest BCUT2D eigenvalue weighted by molar-refractivity contribution is 0.285. The van der Waals surface area contributed by atoms with Crippen molar-refractivity contribution in [2.45, 2.75) is 44.9 Å². The Morgan fingerprint density at radius 2 is 1.73 bits per heavy atom. The molecule has 2 saturated carbocycles. The molecule has 0 radical (unpaired) electrons. The largest absolute Gasteiger partial charge is 0.330 e. The third kappa shape index (κ3) is 3.18. The van der Waals surface area contributed by atoms with Gasteiger partial charge in [0.2, 0.25) is 0 Å². The Morgan fingerprint density at radius 1 is 1.00 bits per heavy atom. The van der Waals surface area contributed by atoms with Crippen LogP contribution in [0.15, 0.2) is 0 Å². The molecular weight excluding hydrogens is 184 g/mol. The molecule has 2 aliphatic carbocycles. The van der Waals surface area contributed by atoms with E-state index in [0.717, 1.165) is 24.3 Å². The van der Waals surface area contributed by atoms with Gasteiger partial charge in [-0.1, -0.05) is 25.7 Å². The second-order valence-corrected chi connectivity index (χ2v) is 5.48. The van der Waals surface area contributed by atoms with Crippen molar-refractivity contribution in [3.63, 3.8) is 0 Å². The van der Waals surface area contributed by atoms with Gasteiger partial charge in [0.1, 0.15) is 0 Å². The molecule has 0 aromatic carbocycles. The van der Waals surface area contributed by atoms with Gasteiger partial charge >= 0.3 is 0 Å². The fourth-order valence-electron chi connectivity index (χ4n) is 3.07. The maximum atomic E-state index is 5.78. The van der Waals surface area contributed by atoms with Gasteiger partial charge in [-0.05, 0) is 56.7 Å². The van der Waals surface area contributed by atoms with E-state index in [1.54, 1.807) is 0 Å². The average Bonchev–Trinajstić information content (AvgIpc) is 2.62. The molecule has 2 nitrogen and oxygen atoms in total. The maximum absolute atomic E-state index is 5.78. The predicted octanol–water partition coefficient (Wildman–Crippen LogP) is 2.14. The second-order valence-electron chi connectivity index (χ2n) is 5.48. The van der Waals surface area contributed by atoms with Gasteiger partial charge in [0.15, 0.2) is 0 Å². The molecule has 2 atom stereocenters. The molecule has 0 amide bonds. The van der Waals surface area contributed by atoms with Crippen molar-refractivity contribution in [2.24, 2.45) is 23.5 Å². The van der Waals surface area contributed by atoms with E-state index in [2.05, 4.69) is 5.32 Å². The van der Waals surface area contributed by atoms with Gasteiger partial charge in [-0.3, -0.25) is 0 Å². The maximum Gasteiger partial charge on any atom is -0.00174 e. The molecule has 2 unspecified atom stereocenters. The molecule has 88 valence electrons. The Labute approximate surface area is 94.0 Å². The molecule has 15 heavy (non-hydrogen) atoms. The van der Waals surface area contributed by atoms with E-state index in [1.807, 2.05) is 0 Å². The molecule has 2 fully saturated rings. The van der Waals surface area contributed by atoms with Gasteiger partial charge in [0, 0.05) is 0 Å². The van der Waals surface area contributed by atoms with Crippen LogP contribution in [-0.2, 0) is 0 Å². The Balaban J connectivity index is 1.52. The zero-order valence-corrected chi connectivity index (χ0v) is 9.88. The summed E-state index contributed by atoms with van der Waals surface area (Å²) in [4.78, 5) is 0. The van der Waals surface area contributed by atoms with Crippen molar-refractivity contribution >= 4 is 0 Å². The normalized spacial score (nSPS) is 31.8. The third-order valence-electron chi connectivity index (χ3n) is 4.48. The molecule has 2 rings (SSSR count). The highest BCUT2D eigenvalue weighted by Crippen LogP contribution is 2.31. The molecular formula is C13H26N2. The highest BCUT2D eigenvalue weighted by molar-refractivity contribution is 4.80. The Morgan fingerprint density at radius 3 is 2.40 bits per heavy atom. The summed E-state index contributed by atoms with van der Waals surface area (Å²) in [6.45, 7) is 3.35. The van der Waals surface area contributed by atoms with Gasteiger partial charge in [-0.2, -0.15) is 0 Å². The topological polar surface area (TPSA) is 38.0 Å². The zero-order valence-electron chi connectivity index (χ0n) is 9.88. The van der Waals surface area contributed by atoms with Crippen LogP contribution in [0.25, 0.3) is 0 Å². The first-order chi connectivity index (χ1) is 7.40. The molecule has 0 spiro atoms. The van der Waals surface area contributed by atoms with Gasteiger partial charge in [0.25, 0.3) is 0 Å². The molecule has 0 aromatic rings. The first-order valence-electron chi connectivity index (χ1n) is 6.81. The van der Waals surface area contributed by atoms with Crippen molar-refractivity contribution in [3.05, 3.63) is 0 Å². The fraction of sp³-hybridized carbons (Fsp3) is 1.00. The summed E-state index contributed by atoms with van der Waals surface area (Å²) in [5.41, 5.74) is 5.78. The van der Waals surface area contributed by atoms with E-state index in [9.17, 15) is 0 Å². The van der Waals surface area contributed by atoms with E-state index in [1.165, 1.54) is 58.0 Å². The van der Waals surface area contributed by atoms with Crippen molar-refractivity contribution in [1.29, 1.82) is 0 Å². The molecule has 0 bridgehead atoms. The van der Waals surface area contributed by atoms with Crippen LogP contribution in [0.1, 0.15) is 44.9 Å². The number of hydrogen-bond donors (Lipinski definition) is 2. The minimum Gasteiger partial charge on any atom is -0.330 e. The number of rotatable bonds is 6. The van der Waals surface area contributed by atoms with Crippen LogP contribution in [0.2, 0.25) is 0 Å². The predicted molar refractivity (Wildman–Crippen MR) is 64.7 cm³/mol. The minimum absolute atomic E-state index is 0.807. The molecule has 0 aromatic heterocycles. The smallest absolute Gasteiger partial charge is 0.00174 e. The van der Waals surface area contributed by atoms with Gasteiger partial charge < -0.3 is 11.1 Å². The molecule has 2 aliphatic rings. The highest BCUT2D eigenvalue weighted by Gasteiger charge is 2.25. The number of nitrogens with one attached hydrogen (secondary N) is 1. The zero-order chi connectivity index (χ0) is 10.5. The monoisotopic (exact) mass is 210 g/mol. The summed E-state index contributed by atoms with van der Waals surface area (Å²) in [7, 11) is 0. The minimum atomic E-state index is 0.807. The molecule has 0 aliphatic heterocycles. The summed E-state index contributed by atoms with van der Waals surface area (Å²) >= 11 is 0. The number of hydrogen-bond acceptors (Lipinski definition) is 2. The van der Waals surface area contributed by atoms with Crippen LogP contribution in [0.3, 0.4) is 0 Å². The SMILES string of the molecule is NCC1CCCC1CNCCC1CCC1. The second kappa shape index (κ2) is 5.86. The highest BCUT2D eigenvalue weighted by atomic mass is 14.9. The summed E-state index contributed by atoms with van der Waals surface area (Å²) in [6, 6.07) is 0. The standard InChI is InChI=1S/C13H26N2/c14-9-12-5-2-6-13(12)10-15-8-7-11-3-1-4-11/h11-13,15H,1-10,14H2.